The van der Waals surface area contributed by atoms with Crippen LogP contribution in [0.3, 0.4) is 0 Å². The molecule has 0 aromatic heterocycles. The smallest absolute Gasteiger partial charge is 0.137 e. The van der Waals surface area contributed by atoms with Gasteiger partial charge in [0, 0.05) is 6.04 Å². The molecule has 2 atom stereocenters. The summed E-state index contributed by atoms with van der Waals surface area (Å²) in [6.07, 6.45) is 1.84. The molecule has 0 N–H and O–H groups in total. The minimum atomic E-state index is -0.237. The molecule has 1 aliphatic rings. The summed E-state index contributed by atoms with van der Waals surface area (Å²) >= 11 is 0. The minimum Gasteiger partial charge on any atom is -0.355 e. The second-order valence-electron chi connectivity index (χ2n) is 3.03. The zero-order valence-electron chi connectivity index (χ0n) is 6.92. The normalized spacial score (nSPS) is 42.1. The third-order valence-corrected chi connectivity index (χ3v) is 2.36. The van der Waals surface area contributed by atoms with Crippen LogP contribution in [0.2, 0.25) is 0 Å². The van der Waals surface area contributed by atoms with Gasteiger partial charge in [-0.2, -0.15) is 0 Å². The molecule has 0 spiro atoms. The summed E-state index contributed by atoms with van der Waals surface area (Å²) in [6.45, 7) is 8.72. The van der Waals surface area contributed by atoms with Crippen LogP contribution >= 0.6 is 0 Å². The third-order valence-electron chi connectivity index (χ3n) is 2.36. The van der Waals surface area contributed by atoms with Crippen molar-refractivity contribution in [2.45, 2.75) is 25.6 Å². The van der Waals surface area contributed by atoms with Gasteiger partial charge in [0.15, 0.2) is 0 Å². The second-order valence-corrected chi connectivity index (χ2v) is 3.03. The van der Waals surface area contributed by atoms with Crippen LogP contribution in [0.25, 0.3) is 0 Å². The molecule has 1 heterocycles. The fraction of sp³-hybridized carbons (Fsp3) is 0.750. The maximum atomic E-state index is 5.52. The Hall–Kier alpha value is -0.340. The molecule has 0 saturated carbocycles. The summed E-state index contributed by atoms with van der Waals surface area (Å²) < 4.78 is 5.52. The van der Waals surface area contributed by atoms with Crippen LogP contribution in [0.1, 0.15) is 13.8 Å². The van der Waals surface area contributed by atoms with Gasteiger partial charge in [-0.25, -0.2) is 0 Å². The van der Waals surface area contributed by atoms with Crippen LogP contribution in [0.5, 0.6) is 0 Å². The van der Waals surface area contributed by atoms with E-state index in [1.165, 1.54) is 0 Å². The summed E-state index contributed by atoms with van der Waals surface area (Å²) in [6, 6.07) is 0.503. The van der Waals surface area contributed by atoms with Gasteiger partial charge in [-0.1, -0.05) is 6.58 Å². The molecule has 58 valence electrons. The molecule has 1 rings (SSSR count). The van der Waals surface area contributed by atoms with Crippen molar-refractivity contribution < 1.29 is 4.74 Å². The molecule has 2 unspecified atom stereocenters. The van der Waals surface area contributed by atoms with E-state index in [2.05, 4.69) is 25.5 Å². The van der Waals surface area contributed by atoms with Gasteiger partial charge in [0.2, 0.25) is 0 Å². The number of hydrogen-bond acceptors (Lipinski definition) is 2. The van der Waals surface area contributed by atoms with Crippen LogP contribution in [0, 0.1) is 0 Å². The third kappa shape index (κ3) is 0.976. The van der Waals surface area contributed by atoms with Crippen molar-refractivity contribution in [2.24, 2.45) is 0 Å². The zero-order valence-corrected chi connectivity index (χ0v) is 6.92. The molecule has 0 amide bonds. The summed E-state index contributed by atoms with van der Waals surface area (Å²) in [5.41, 5.74) is -0.237. The number of rotatable bonds is 1. The Bertz CT molecular complexity index is 146. The van der Waals surface area contributed by atoms with E-state index in [0.29, 0.717) is 6.04 Å². The van der Waals surface area contributed by atoms with E-state index < -0.39 is 0 Å². The quantitative estimate of drug-likeness (QED) is 0.509. The monoisotopic (exact) mass is 141 g/mol. The van der Waals surface area contributed by atoms with Crippen LogP contribution in [0.4, 0.5) is 0 Å². The number of ether oxygens (including phenoxy) is 1. The molecule has 1 fully saturated rings. The molecule has 0 radical (unpaired) electrons. The van der Waals surface area contributed by atoms with E-state index in [-0.39, 0.29) is 5.72 Å². The van der Waals surface area contributed by atoms with Gasteiger partial charge in [-0.05, 0) is 27.0 Å². The molecule has 0 aliphatic carbocycles. The van der Waals surface area contributed by atoms with Crippen molar-refractivity contribution in [1.29, 1.82) is 0 Å². The standard InChI is InChI=1S/C8H15NO/c1-5-8(3)9(4)7(2)6-10-8/h5,7H,1,6H2,2-4H3. The predicted octanol–water partition coefficient (Wildman–Crippen LogP) is 1.24. The minimum absolute atomic E-state index is 0.237. The Morgan fingerprint density at radius 2 is 2.40 bits per heavy atom. The number of likely N-dealkylation sites (N-methyl/N-ethyl adjacent to an activating group) is 1. The van der Waals surface area contributed by atoms with Crippen molar-refractivity contribution in [3.63, 3.8) is 0 Å². The SMILES string of the molecule is C=CC1(C)OCC(C)N1C. The maximum Gasteiger partial charge on any atom is 0.137 e. The van der Waals surface area contributed by atoms with Gasteiger partial charge >= 0.3 is 0 Å². The zero-order chi connectivity index (χ0) is 7.78. The average molecular weight is 141 g/mol. The van der Waals surface area contributed by atoms with E-state index >= 15 is 0 Å². The van der Waals surface area contributed by atoms with E-state index in [0.717, 1.165) is 6.61 Å². The van der Waals surface area contributed by atoms with E-state index in [9.17, 15) is 0 Å². The van der Waals surface area contributed by atoms with Crippen molar-refractivity contribution in [3.8, 4) is 0 Å². The lowest BCUT2D eigenvalue weighted by atomic mass is 10.2. The lowest BCUT2D eigenvalue weighted by molar-refractivity contribution is -0.0135. The van der Waals surface area contributed by atoms with Gasteiger partial charge in [0.1, 0.15) is 5.72 Å². The van der Waals surface area contributed by atoms with Gasteiger partial charge in [0.25, 0.3) is 0 Å². The highest BCUT2D eigenvalue weighted by Gasteiger charge is 2.36. The van der Waals surface area contributed by atoms with Gasteiger partial charge in [0.05, 0.1) is 6.61 Å². The first-order valence-corrected chi connectivity index (χ1v) is 3.60. The number of hydrogen-bond donors (Lipinski definition) is 0. The highest BCUT2D eigenvalue weighted by molar-refractivity contribution is 4.97. The fourth-order valence-electron chi connectivity index (χ4n) is 1.14. The molecule has 2 heteroatoms. The lowest BCUT2D eigenvalue weighted by Crippen LogP contribution is -2.40. The first-order chi connectivity index (χ1) is 4.60. The molecular formula is C8H15NO. The van der Waals surface area contributed by atoms with Gasteiger partial charge in [-0.3, -0.25) is 4.90 Å². The molecule has 10 heavy (non-hydrogen) atoms. The molecule has 1 saturated heterocycles. The first kappa shape index (κ1) is 7.76. The Labute approximate surface area is 62.5 Å². The second kappa shape index (κ2) is 2.36. The highest BCUT2D eigenvalue weighted by atomic mass is 16.5. The van der Waals surface area contributed by atoms with E-state index in [1.807, 2.05) is 13.0 Å². The predicted molar refractivity (Wildman–Crippen MR) is 41.8 cm³/mol. The van der Waals surface area contributed by atoms with Crippen LogP contribution in [-0.2, 0) is 4.74 Å². The van der Waals surface area contributed by atoms with Gasteiger partial charge in [-0.15, -0.1) is 0 Å². The Kier molecular flexibility index (Phi) is 1.84. The summed E-state index contributed by atoms with van der Waals surface area (Å²) in [4.78, 5) is 2.18. The molecular weight excluding hydrogens is 126 g/mol. The maximum absolute atomic E-state index is 5.52. The Morgan fingerprint density at radius 1 is 1.80 bits per heavy atom. The van der Waals surface area contributed by atoms with Crippen molar-refractivity contribution in [3.05, 3.63) is 12.7 Å². The first-order valence-electron chi connectivity index (χ1n) is 3.60. The van der Waals surface area contributed by atoms with Crippen molar-refractivity contribution in [1.82, 2.24) is 4.90 Å². The summed E-state index contributed by atoms with van der Waals surface area (Å²) in [5, 5.41) is 0. The van der Waals surface area contributed by atoms with Crippen LogP contribution in [0.15, 0.2) is 12.7 Å². The molecule has 0 bridgehead atoms. The summed E-state index contributed by atoms with van der Waals surface area (Å²) in [7, 11) is 2.05. The molecule has 2 nitrogen and oxygen atoms in total. The average Bonchev–Trinajstić information content (AvgIpc) is 2.19. The van der Waals surface area contributed by atoms with E-state index in [4.69, 9.17) is 4.74 Å². The molecule has 0 aromatic carbocycles. The van der Waals surface area contributed by atoms with Crippen LogP contribution < -0.4 is 0 Å². The summed E-state index contributed by atoms with van der Waals surface area (Å²) in [5.74, 6) is 0. The molecule has 0 aromatic rings. The molecule has 1 aliphatic heterocycles. The van der Waals surface area contributed by atoms with Crippen molar-refractivity contribution in [2.75, 3.05) is 13.7 Å². The number of nitrogens with zero attached hydrogens (tertiary/aromatic N) is 1. The topological polar surface area (TPSA) is 12.5 Å². The van der Waals surface area contributed by atoms with Crippen molar-refractivity contribution >= 4 is 0 Å². The Balaban J connectivity index is 2.73. The van der Waals surface area contributed by atoms with Crippen LogP contribution in [-0.4, -0.2) is 30.3 Å². The van der Waals surface area contributed by atoms with E-state index in [1.54, 1.807) is 0 Å². The lowest BCUT2D eigenvalue weighted by Gasteiger charge is -2.28. The largest absolute Gasteiger partial charge is 0.355 e. The highest BCUT2D eigenvalue weighted by Crippen LogP contribution is 2.25. The fourth-order valence-corrected chi connectivity index (χ4v) is 1.14. The Morgan fingerprint density at radius 3 is 2.60 bits per heavy atom. The van der Waals surface area contributed by atoms with Gasteiger partial charge < -0.3 is 4.74 Å².